The Balaban J connectivity index is 2.71. The second-order valence-corrected chi connectivity index (χ2v) is 2.94. The fourth-order valence-corrected chi connectivity index (χ4v) is 1.14. The number of anilines is 2. The molecule has 0 aliphatic carbocycles. The molecule has 0 aliphatic rings. The lowest BCUT2D eigenvalue weighted by molar-refractivity contribution is -0.0446. The smallest absolute Gasteiger partial charge is 0.151 e. The Morgan fingerprint density at radius 3 is 2.54 bits per heavy atom. The predicted octanol–water partition coefficient (Wildman–Crippen LogP) is 0.0943. The van der Waals surface area contributed by atoms with Crippen LogP contribution in [0.25, 0.3) is 0 Å². The van der Waals surface area contributed by atoms with E-state index >= 15 is 0 Å². The van der Waals surface area contributed by atoms with E-state index in [-0.39, 0.29) is 6.42 Å². The second kappa shape index (κ2) is 4.11. The number of rotatable bonds is 3. The Morgan fingerprint density at radius 1 is 1.23 bits per heavy atom. The first-order chi connectivity index (χ1) is 6.11. The molecule has 72 valence electrons. The molecule has 1 aromatic rings. The van der Waals surface area contributed by atoms with Crippen LogP contribution in [0.15, 0.2) is 18.2 Å². The highest BCUT2D eigenvalue weighted by Crippen LogP contribution is 2.20. The highest BCUT2D eigenvalue weighted by Gasteiger charge is 2.04. The van der Waals surface area contributed by atoms with Crippen molar-refractivity contribution < 1.29 is 10.2 Å². The number of hydrogen-bond donors (Lipinski definition) is 4. The molecule has 0 radical (unpaired) electrons. The summed E-state index contributed by atoms with van der Waals surface area (Å²) in [6.45, 7) is 0. The zero-order valence-electron chi connectivity index (χ0n) is 7.27. The summed E-state index contributed by atoms with van der Waals surface area (Å²) >= 11 is 0. The molecule has 0 aliphatic heterocycles. The van der Waals surface area contributed by atoms with Gasteiger partial charge in [-0.2, -0.15) is 0 Å². The third-order valence-electron chi connectivity index (χ3n) is 1.90. The number of aliphatic hydroxyl groups is 2. The van der Waals surface area contributed by atoms with Crippen molar-refractivity contribution in [3.05, 3.63) is 23.8 Å². The van der Waals surface area contributed by atoms with E-state index in [0.717, 1.165) is 5.56 Å². The van der Waals surface area contributed by atoms with E-state index in [2.05, 4.69) is 0 Å². The fraction of sp³-hybridized carbons (Fsp3) is 0.333. The molecule has 0 saturated heterocycles. The molecule has 4 nitrogen and oxygen atoms in total. The van der Waals surface area contributed by atoms with Crippen molar-refractivity contribution >= 4 is 11.4 Å². The van der Waals surface area contributed by atoms with Crippen molar-refractivity contribution in [3.63, 3.8) is 0 Å². The molecule has 0 atom stereocenters. The van der Waals surface area contributed by atoms with Gasteiger partial charge in [0.2, 0.25) is 0 Å². The first-order valence-corrected chi connectivity index (χ1v) is 4.10. The first kappa shape index (κ1) is 9.83. The number of para-hydroxylation sites is 1. The van der Waals surface area contributed by atoms with Gasteiger partial charge in [-0.15, -0.1) is 0 Å². The molecule has 4 heteroatoms. The van der Waals surface area contributed by atoms with Gasteiger partial charge in [0.1, 0.15) is 0 Å². The Hall–Kier alpha value is -1.26. The molecule has 0 saturated carbocycles. The summed E-state index contributed by atoms with van der Waals surface area (Å²) in [6.07, 6.45) is -0.497. The van der Waals surface area contributed by atoms with E-state index in [1.165, 1.54) is 0 Å². The summed E-state index contributed by atoms with van der Waals surface area (Å²) in [5.41, 5.74) is 13.2. The molecule has 0 unspecified atom stereocenters. The van der Waals surface area contributed by atoms with Crippen LogP contribution in [0.4, 0.5) is 11.4 Å². The van der Waals surface area contributed by atoms with Crippen LogP contribution in [-0.4, -0.2) is 16.5 Å². The first-order valence-electron chi connectivity index (χ1n) is 4.10. The van der Waals surface area contributed by atoms with Gasteiger partial charge >= 0.3 is 0 Å². The normalized spacial score (nSPS) is 10.7. The van der Waals surface area contributed by atoms with Crippen LogP contribution in [0.5, 0.6) is 0 Å². The van der Waals surface area contributed by atoms with Crippen LogP contribution < -0.4 is 11.5 Å². The molecule has 0 aromatic heterocycles. The lowest BCUT2D eigenvalue weighted by atomic mass is 10.1. The van der Waals surface area contributed by atoms with Crippen molar-refractivity contribution in [2.24, 2.45) is 0 Å². The predicted molar refractivity (Wildman–Crippen MR) is 51.8 cm³/mol. The van der Waals surface area contributed by atoms with Crippen LogP contribution >= 0.6 is 0 Å². The van der Waals surface area contributed by atoms with E-state index in [1.807, 2.05) is 6.07 Å². The van der Waals surface area contributed by atoms with E-state index in [9.17, 15) is 0 Å². The SMILES string of the molecule is Nc1cccc(CCC(O)O)c1N. The van der Waals surface area contributed by atoms with Crippen LogP contribution in [-0.2, 0) is 6.42 Å². The zero-order chi connectivity index (χ0) is 9.84. The largest absolute Gasteiger partial charge is 0.397 e. The molecule has 0 amide bonds. The summed E-state index contributed by atoms with van der Waals surface area (Å²) in [5, 5.41) is 17.3. The monoisotopic (exact) mass is 182 g/mol. The summed E-state index contributed by atoms with van der Waals surface area (Å²) in [7, 11) is 0. The minimum Gasteiger partial charge on any atom is -0.397 e. The van der Waals surface area contributed by atoms with Crippen LogP contribution in [0.2, 0.25) is 0 Å². The van der Waals surface area contributed by atoms with E-state index in [0.29, 0.717) is 17.8 Å². The molecule has 1 aromatic carbocycles. The quantitative estimate of drug-likeness (QED) is 0.394. The molecule has 0 bridgehead atoms. The van der Waals surface area contributed by atoms with Gasteiger partial charge in [-0.3, -0.25) is 0 Å². The lowest BCUT2D eigenvalue weighted by Crippen LogP contribution is -2.07. The van der Waals surface area contributed by atoms with Crippen LogP contribution in [0.1, 0.15) is 12.0 Å². The summed E-state index contributed by atoms with van der Waals surface area (Å²) < 4.78 is 0. The maximum Gasteiger partial charge on any atom is 0.151 e. The van der Waals surface area contributed by atoms with E-state index in [1.54, 1.807) is 12.1 Å². The minimum absolute atomic E-state index is 0.271. The molecule has 1 rings (SSSR count). The Bertz CT molecular complexity index is 287. The average Bonchev–Trinajstić information content (AvgIpc) is 2.07. The molecule has 6 N–H and O–H groups in total. The summed E-state index contributed by atoms with van der Waals surface area (Å²) in [5.74, 6) is 0. The molecular formula is C9H14N2O2. The number of aliphatic hydroxyl groups excluding tert-OH is 1. The number of hydrogen-bond acceptors (Lipinski definition) is 4. The minimum atomic E-state index is -1.29. The average molecular weight is 182 g/mol. The third-order valence-corrected chi connectivity index (χ3v) is 1.90. The van der Waals surface area contributed by atoms with Gasteiger partial charge in [-0.25, -0.2) is 0 Å². The van der Waals surface area contributed by atoms with Gasteiger partial charge in [-0.05, 0) is 18.1 Å². The molecular weight excluding hydrogens is 168 g/mol. The number of benzene rings is 1. The summed E-state index contributed by atoms with van der Waals surface area (Å²) in [4.78, 5) is 0. The number of aryl methyl sites for hydroxylation is 1. The van der Waals surface area contributed by atoms with Gasteiger partial charge in [0.05, 0.1) is 11.4 Å². The topological polar surface area (TPSA) is 92.5 Å². The van der Waals surface area contributed by atoms with Gasteiger partial charge < -0.3 is 21.7 Å². The van der Waals surface area contributed by atoms with E-state index < -0.39 is 6.29 Å². The van der Waals surface area contributed by atoms with Gasteiger partial charge in [0.15, 0.2) is 6.29 Å². The van der Waals surface area contributed by atoms with E-state index in [4.69, 9.17) is 21.7 Å². The third kappa shape index (κ3) is 2.61. The Morgan fingerprint density at radius 2 is 1.92 bits per heavy atom. The number of nitrogen functional groups attached to an aromatic ring is 2. The maximum absolute atomic E-state index is 8.66. The van der Waals surface area contributed by atoms with Crippen LogP contribution in [0, 0.1) is 0 Å². The van der Waals surface area contributed by atoms with Crippen molar-refractivity contribution in [3.8, 4) is 0 Å². The van der Waals surface area contributed by atoms with Crippen molar-refractivity contribution in [1.82, 2.24) is 0 Å². The lowest BCUT2D eigenvalue weighted by Gasteiger charge is -2.08. The molecule has 13 heavy (non-hydrogen) atoms. The Labute approximate surface area is 76.8 Å². The van der Waals surface area contributed by atoms with Crippen molar-refractivity contribution in [2.45, 2.75) is 19.1 Å². The second-order valence-electron chi connectivity index (χ2n) is 2.94. The molecule has 0 fully saturated rings. The molecule has 0 heterocycles. The van der Waals surface area contributed by atoms with Gasteiger partial charge in [0, 0.05) is 6.42 Å². The Kier molecular flexibility index (Phi) is 3.11. The fourth-order valence-electron chi connectivity index (χ4n) is 1.14. The van der Waals surface area contributed by atoms with Gasteiger partial charge in [-0.1, -0.05) is 12.1 Å². The van der Waals surface area contributed by atoms with Gasteiger partial charge in [0.25, 0.3) is 0 Å². The highest BCUT2D eigenvalue weighted by atomic mass is 16.5. The van der Waals surface area contributed by atoms with Crippen molar-refractivity contribution in [1.29, 1.82) is 0 Å². The maximum atomic E-state index is 8.66. The van der Waals surface area contributed by atoms with Crippen LogP contribution in [0.3, 0.4) is 0 Å². The van der Waals surface area contributed by atoms with Crippen molar-refractivity contribution in [2.75, 3.05) is 11.5 Å². The standard InChI is InChI=1S/C9H14N2O2/c10-7-3-1-2-6(9(7)11)4-5-8(12)13/h1-3,8,12-13H,4-5,10-11H2. The highest BCUT2D eigenvalue weighted by molar-refractivity contribution is 5.67. The molecule has 0 spiro atoms. The number of nitrogens with two attached hydrogens (primary N) is 2. The zero-order valence-corrected chi connectivity index (χ0v) is 7.27. The summed E-state index contributed by atoms with van der Waals surface area (Å²) in [6, 6.07) is 5.34.